The highest BCUT2D eigenvalue weighted by Gasteiger charge is 2.36. The second-order valence-corrected chi connectivity index (χ2v) is 7.46. The van der Waals surface area contributed by atoms with E-state index in [1.807, 2.05) is 0 Å². The van der Waals surface area contributed by atoms with Gasteiger partial charge in [0.2, 0.25) is 10.0 Å². The van der Waals surface area contributed by atoms with Crippen molar-refractivity contribution in [3.63, 3.8) is 0 Å². The van der Waals surface area contributed by atoms with E-state index >= 15 is 0 Å². The summed E-state index contributed by atoms with van der Waals surface area (Å²) in [4.78, 5) is 15.0. The first-order valence-electron chi connectivity index (χ1n) is 6.54. The number of carboxylic acid groups (broad SMARTS) is 1. The average Bonchev–Trinajstić information content (AvgIpc) is 3.05. The van der Waals surface area contributed by atoms with Crippen LogP contribution in [0.15, 0.2) is 17.3 Å². The monoisotopic (exact) mass is 344 g/mol. The number of sulfonamides is 1. The lowest BCUT2D eigenvalue weighted by molar-refractivity contribution is -0.141. The summed E-state index contributed by atoms with van der Waals surface area (Å²) < 4.78 is 27.6. The van der Waals surface area contributed by atoms with Crippen LogP contribution >= 0.6 is 11.6 Å². The van der Waals surface area contributed by atoms with Crippen LogP contribution in [0.1, 0.15) is 12.1 Å². The van der Waals surface area contributed by atoms with Crippen molar-refractivity contribution < 1.29 is 18.3 Å². The van der Waals surface area contributed by atoms with Gasteiger partial charge in [-0.25, -0.2) is 17.9 Å². The third-order valence-electron chi connectivity index (χ3n) is 3.69. The van der Waals surface area contributed by atoms with Crippen molar-refractivity contribution in [2.24, 2.45) is 5.92 Å². The summed E-state index contributed by atoms with van der Waals surface area (Å²) in [5, 5.41) is 13.5. The third kappa shape index (κ3) is 2.34. The summed E-state index contributed by atoms with van der Waals surface area (Å²) in [6.45, 7) is 1.84. The lowest BCUT2D eigenvalue weighted by Crippen LogP contribution is -2.30. The van der Waals surface area contributed by atoms with Crippen LogP contribution in [0.2, 0.25) is 5.02 Å². The Labute approximate surface area is 131 Å². The van der Waals surface area contributed by atoms with E-state index in [-0.39, 0.29) is 18.0 Å². The molecule has 0 aromatic carbocycles. The fourth-order valence-corrected chi connectivity index (χ4v) is 4.04. The van der Waals surface area contributed by atoms with Crippen molar-refractivity contribution in [1.29, 1.82) is 0 Å². The van der Waals surface area contributed by atoms with Crippen molar-refractivity contribution in [3.05, 3.63) is 23.1 Å². The van der Waals surface area contributed by atoms with Crippen LogP contribution in [0.5, 0.6) is 0 Å². The molecule has 1 aliphatic rings. The number of aromatic nitrogens is 3. The molecule has 0 spiro atoms. The van der Waals surface area contributed by atoms with Gasteiger partial charge in [-0.3, -0.25) is 4.79 Å². The minimum Gasteiger partial charge on any atom is -0.481 e. The summed E-state index contributed by atoms with van der Waals surface area (Å²) >= 11 is 6.02. The quantitative estimate of drug-likeness (QED) is 0.882. The second-order valence-electron chi connectivity index (χ2n) is 5.14. The standard InChI is InChI=1S/C12H13ClN4O4S/c1-7-10(13)11-14-4-9(6-17(11)15-7)22(20,21)16-3-2-8(5-16)12(18)19/h4,6,8H,2-3,5H2,1H3,(H,18,19). The topological polar surface area (TPSA) is 105 Å². The van der Waals surface area contributed by atoms with E-state index in [4.69, 9.17) is 16.7 Å². The summed E-state index contributed by atoms with van der Waals surface area (Å²) in [5.74, 6) is -1.66. The molecule has 1 saturated heterocycles. The van der Waals surface area contributed by atoms with Crippen LogP contribution < -0.4 is 0 Å². The molecule has 1 fully saturated rings. The predicted octanol–water partition coefficient (Wildman–Crippen LogP) is 0.786. The number of carbonyl (C=O) groups is 1. The number of aryl methyl sites for hydroxylation is 1. The van der Waals surface area contributed by atoms with Crippen LogP contribution in [-0.2, 0) is 14.8 Å². The molecule has 0 amide bonds. The van der Waals surface area contributed by atoms with Crippen molar-refractivity contribution in [3.8, 4) is 0 Å². The molecule has 1 N–H and O–H groups in total. The summed E-state index contributed by atoms with van der Waals surface area (Å²) in [5.41, 5.74) is 0.929. The molecule has 0 bridgehead atoms. The molecule has 1 unspecified atom stereocenters. The fraction of sp³-hybridized carbons (Fsp3) is 0.417. The third-order valence-corrected chi connectivity index (χ3v) is 5.95. The van der Waals surface area contributed by atoms with E-state index in [0.29, 0.717) is 22.8 Å². The Bertz CT molecular complexity index is 863. The van der Waals surface area contributed by atoms with Gasteiger partial charge in [0.15, 0.2) is 5.65 Å². The van der Waals surface area contributed by atoms with Crippen molar-refractivity contribution in [2.45, 2.75) is 18.2 Å². The number of hydrogen-bond donors (Lipinski definition) is 1. The molecule has 1 atom stereocenters. The number of hydrogen-bond acceptors (Lipinski definition) is 5. The average molecular weight is 345 g/mol. The second kappa shape index (κ2) is 5.18. The molecule has 1 aliphatic heterocycles. The minimum absolute atomic E-state index is 0.0331. The maximum absolute atomic E-state index is 12.6. The Balaban J connectivity index is 1.97. The first-order chi connectivity index (χ1) is 10.3. The molecule has 10 heteroatoms. The zero-order chi connectivity index (χ0) is 16.1. The van der Waals surface area contributed by atoms with Crippen LogP contribution in [0, 0.1) is 12.8 Å². The molecule has 118 valence electrons. The summed E-state index contributed by atoms with van der Waals surface area (Å²) in [6, 6.07) is 0. The Hall–Kier alpha value is -1.71. The van der Waals surface area contributed by atoms with E-state index in [2.05, 4.69) is 10.1 Å². The van der Waals surface area contributed by atoms with Gasteiger partial charge in [-0.2, -0.15) is 9.40 Å². The highest BCUT2D eigenvalue weighted by molar-refractivity contribution is 7.89. The van der Waals surface area contributed by atoms with Crippen LogP contribution in [0.25, 0.3) is 5.65 Å². The van der Waals surface area contributed by atoms with Crippen LogP contribution in [-0.4, -0.2) is 51.5 Å². The van der Waals surface area contributed by atoms with Gasteiger partial charge in [-0.05, 0) is 13.3 Å². The lowest BCUT2D eigenvalue weighted by atomic mass is 10.1. The number of fused-ring (bicyclic) bond motifs is 1. The zero-order valence-electron chi connectivity index (χ0n) is 11.6. The maximum Gasteiger partial charge on any atom is 0.307 e. The SMILES string of the molecule is Cc1nn2cc(S(=O)(=O)N3CCC(C(=O)O)C3)cnc2c1Cl. The van der Waals surface area contributed by atoms with E-state index in [1.54, 1.807) is 6.92 Å². The van der Waals surface area contributed by atoms with E-state index in [0.717, 1.165) is 4.31 Å². The Morgan fingerprint density at radius 2 is 2.23 bits per heavy atom. The minimum atomic E-state index is -3.80. The van der Waals surface area contributed by atoms with Gasteiger partial charge in [0, 0.05) is 13.1 Å². The van der Waals surface area contributed by atoms with Gasteiger partial charge in [0.1, 0.15) is 9.92 Å². The van der Waals surface area contributed by atoms with Crippen LogP contribution in [0.3, 0.4) is 0 Å². The first-order valence-corrected chi connectivity index (χ1v) is 8.36. The molecular formula is C12H13ClN4O4S. The lowest BCUT2D eigenvalue weighted by Gasteiger charge is -2.15. The number of halogens is 1. The number of carboxylic acids is 1. The summed E-state index contributed by atoms with van der Waals surface area (Å²) in [7, 11) is -3.80. The van der Waals surface area contributed by atoms with Crippen molar-refractivity contribution in [1.82, 2.24) is 18.9 Å². The molecule has 3 rings (SSSR count). The Morgan fingerprint density at radius 1 is 1.50 bits per heavy atom. The molecule has 2 aromatic heterocycles. The van der Waals surface area contributed by atoms with Gasteiger partial charge in [0.25, 0.3) is 0 Å². The normalized spacial score (nSPS) is 19.8. The molecule has 0 aliphatic carbocycles. The largest absolute Gasteiger partial charge is 0.481 e. The Kier molecular flexibility index (Phi) is 3.58. The first kappa shape index (κ1) is 15.2. The van der Waals surface area contributed by atoms with Gasteiger partial charge < -0.3 is 5.11 Å². The molecule has 0 radical (unpaired) electrons. The Morgan fingerprint density at radius 3 is 2.86 bits per heavy atom. The molecule has 8 nitrogen and oxygen atoms in total. The van der Waals surface area contributed by atoms with E-state index in [9.17, 15) is 13.2 Å². The molecule has 22 heavy (non-hydrogen) atoms. The van der Waals surface area contributed by atoms with Gasteiger partial charge in [-0.15, -0.1) is 0 Å². The van der Waals surface area contributed by atoms with Crippen molar-refractivity contribution in [2.75, 3.05) is 13.1 Å². The highest BCUT2D eigenvalue weighted by atomic mass is 35.5. The van der Waals surface area contributed by atoms with Gasteiger partial charge in [-0.1, -0.05) is 11.6 Å². The fourth-order valence-electron chi connectivity index (χ4n) is 2.43. The molecule has 0 saturated carbocycles. The van der Waals surface area contributed by atoms with Gasteiger partial charge >= 0.3 is 5.97 Å². The molecule has 2 aromatic rings. The highest BCUT2D eigenvalue weighted by Crippen LogP contribution is 2.25. The van der Waals surface area contributed by atoms with Crippen LogP contribution in [0.4, 0.5) is 0 Å². The summed E-state index contributed by atoms with van der Waals surface area (Å²) in [6.07, 6.45) is 2.85. The number of rotatable bonds is 3. The maximum atomic E-state index is 12.6. The predicted molar refractivity (Wildman–Crippen MR) is 77.2 cm³/mol. The van der Waals surface area contributed by atoms with E-state index < -0.39 is 21.9 Å². The number of aliphatic carboxylic acids is 1. The zero-order valence-corrected chi connectivity index (χ0v) is 13.2. The molecular weight excluding hydrogens is 332 g/mol. The molecule has 3 heterocycles. The van der Waals surface area contributed by atoms with Crippen molar-refractivity contribution >= 4 is 33.2 Å². The van der Waals surface area contributed by atoms with E-state index in [1.165, 1.54) is 16.9 Å². The number of nitrogens with zero attached hydrogens (tertiary/aromatic N) is 4. The smallest absolute Gasteiger partial charge is 0.307 e. The van der Waals surface area contributed by atoms with Gasteiger partial charge in [0.05, 0.1) is 24.0 Å².